The van der Waals surface area contributed by atoms with Gasteiger partial charge in [0.2, 0.25) is 0 Å². The van der Waals surface area contributed by atoms with Crippen LogP contribution in [0.3, 0.4) is 0 Å². The van der Waals surface area contributed by atoms with E-state index in [9.17, 15) is 19.1 Å². The summed E-state index contributed by atoms with van der Waals surface area (Å²) in [4.78, 5) is 23.6. The molecule has 0 bridgehead atoms. The van der Waals surface area contributed by atoms with E-state index in [4.69, 9.17) is 11.6 Å². The molecule has 1 fully saturated rings. The number of benzene rings is 1. The second kappa shape index (κ2) is 5.82. The maximum Gasteiger partial charge on any atom is 0.307 e. The summed E-state index contributed by atoms with van der Waals surface area (Å²) >= 11 is 8.96. The molecule has 2 rings (SSSR count). The van der Waals surface area contributed by atoms with Crippen molar-refractivity contribution in [3.05, 3.63) is 33.0 Å². The van der Waals surface area contributed by atoms with Gasteiger partial charge in [0.05, 0.1) is 16.5 Å². The molecule has 0 heterocycles. The fraction of sp³-hybridized carbons (Fsp3) is 0.429. The highest BCUT2D eigenvalue weighted by Gasteiger charge is 2.42. The number of carbonyl (C=O) groups excluding carboxylic acids is 1. The molecule has 1 aromatic rings. The third kappa shape index (κ3) is 2.88. The summed E-state index contributed by atoms with van der Waals surface area (Å²) in [6.45, 7) is 1.90. The second-order valence-electron chi connectivity index (χ2n) is 5.24. The minimum Gasteiger partial charge on any atom is -0.481 e. The van der Waals surface area contributed by atoms with Crippen LogP contribution in [0.2, 0.25) is 5.02 Å². The predicted octanol–water partition coefficient (Wildman–Crippen LogP) is 4.17. The standard InChI is InChI=1S/C14H13BrClFO3/c1-6-2-7(8(3-6)14(19)20)13(18)9-4-11(16)10(15)5-12(9)17/h4-8H,2-3H2,1H3,(H,19,20). The van der Waals surface area contributed by atoms with Crippen LogP contribution in [0.15, 0.2) is 16.6 Å². The van der Waals surface area contributed by atoms with Crippen molar-refractivity contribution in [1.29, 1.82) is 0 Å². The predicted molar refractivity (Wildman–Crippen MR) is 76.5 cm³/mol. The fourth-order valence-corrected chi connectivity index (χ4v) is 3.24. The molecular formula is C14H13BrClFO3. The summed E-state index contributed by atoms with van der Waals surface area (Å²) in [6.07, 6.45) is 0.903. The minimum absolute atomic E-state index is 0.136. The number of ketones is 1. The van der Waals surface area contributed by atoms with E-state index < -0.39 is 29.4 Å². The van der Waals surface area contributed by atoms with E-state index in [1.807, 2.05) is 6.92 Å². The van der Waals surface area contributed by atoms with Crippen LogP contribution in [0.1, 0.15) is 30.1 Å². The fourth-order valence-electron chi connectivity index (χ4n) is 2.77. The van der Waals surface area contributed by atoms with E-state index in [-0.39, 0.29) is 16.5 Å². The van der Waals surface area contributed by atoms with Crippen molar-refractivity contribution in [2.75, 3.05) is 0 Å². The lowest BCUT2D eigenvalue weighted by Gasteiger charge is -2.15. The first-order chi connectivity index (χ1) is 9.31. The lowest BCUT2D eigenvalue weighted by molar-refractivity contribution is -0.142. The highest BCUT2D eigenvalue weighted by Crippen LogP contribution is 2.39. The molecule has 20 heavy (non-hydrogen) atoms. The number of aliphatic carboxylic acids is 1. The zero-order valence-electron chi connectivity index (χ0n) is 10.7. The Kier molecular flexibility index (Phi) is 4.49. The number of hydrogen-bond donors (Lipinski definition) is 1. The van der Waals surface area contributed by atoms with E-state index in [1.54, 1.807) is 0 Å². The second-order valence-corrected chi connectivity index (χ2v) is 6.50. The van der Waals surface area contributed by atoms with E-state index >= 15 is 0 Å². The van der Waals surface area contributed by atoms with Gasteiger partial charge in [0.25, 0.3) is 0 Å². The Labute approximate surface area is 129 Å². The van der Waals surface area contributed by atoms with Crippen molar-refractivity contribution in [2.45, 2.75) is 19.8 Å². The van der Waals surface area contributed by atoms with Crippen LogP contribution in [-0.2, 0) is 4.79 Å². The van der Waals surface area contributed by atoms with Gasteiger partial charge in [-0.25, -0.2) is 4.39 Å². The van der Waals surface area contributed by atoms with Gasteiger partial charge >= 0.3 is 5.97 Å². The highest BCUT2D eigenvalue weighted by atomic mass is 79.9. The summed E-state index contributed by atoms with van der Waals surface area (Å²) in [5.74, 6) is -3.47. The van der Waals surface area contributed by atoms with Crippen molar-refractivity contribution in [3.8, 4) is 0 Å². The smallest absolute Gasteiger partial charge is 0.307 e. The molecule has 108 valence electrons. The normalized spacial score (nSPS) is 25.7. The molecule has 0 amide bonds. The van der Waals surface area contributed by atoms with Gasteiger partial charge in [-0.05, 0) is 46.8 Å². The molecule has 3 atom stereocenters. The molecule has 1 N–H and O–H groups in total. The molecule has 1 aliphatic rings. The van der Waals surface area contributed by atoms with E-state index in [1.165, 1.54) is 6.07 Å². The van der Waals surface area contributed by atoms with Gasteiger partial charge in [0, 0.05) is 10.4 Å². The van der Waals surface area contributed by atoms with Crippen LogP contribution in [0.4, 0.5) is 4.39 Å². The Balaban J connectivity index is 2.36. The monoisotopic (exact) mass is 362 g/mol. The van der Waals surface area contributed by atoms with Gasteiger partial charge in [-0.1, -0.05) is 18.5 Å². The minimum atomic E-state index is -1.00. The zero-order chi connectivity index (χ0) is 15.0. The first-order valence-electron chi connectivity index (χ1n) is 6.22. The molecule has 0 aliphatic heterocycles. The van der Waals surface area contributed by atoms with Gasteiger partial charge in [-0.3, -0.25) is 9.59 Å². The van der Waals surface area contributed by atoms with Crippen molar-refractivity contribution >= 4 is 39.3 Å². The summed E-state index contributed by atoms with van der Waals surface area (Å²) in [7, 11) is 0. The number of carboxylic acid groups (broad SMARTS) is 1. The lowest BCUT2D eigenvalue weighted by Crippen LogP contribution is -2.26. The molecule has 3 nitrogen and oxygen atoms in total. The van der Waals surface area contributed by atoms with Gasteiger partial charge in [-0.15, -0.1) is 0 Å². The third-order valence-electron chi connectivity index (χ3n) is 3.73. The molecule has 3 unspecified atom stereocenters. The SMILES string of the molecule is CC1CC(C(=O)O)C(C(=O)c2cc(Cl)c(Br)cc2F)C1. The molecule has 1 aliphatic carbocycles. The number of Topliss-reactive ketones (excluding diaryl/α,β-unsaturated/α-hetero) is 1. The van der Waals surface area contributed by atoms with E-state index in [0.717, 1.165) is 6.07 Å². The van der Waals surface area contributed by atoms with Crippen LogP contribution >= 0.6 is 27.5 Å². The van der Waals surface area contributed by atoms with E-state index in [0.29, 0.717) is 17.3 Å². The molecule has 0 spiro atoms. The Hall–Kier alpha value is -0.940. The number of halogens is 3. The lowest BCUT2D eigenvalue weighted by atomic mass is 9.88. The molecule has 0 radical (unpaired) electrons. The van der Waals surface area contributed by atoms with Crippen molar-refractivity contribution in [2.24, 2.45) is 17.8 Å². The Morgan fingerprint density at radius 2 is 1.95 bits per heavy atom. The van der Waals surface area contributed by atoms with Crippen LogP contribution in [0.5, 0.6) is 0 Å². The summed E-state index contributed by atoms with van der Waals surface area (Å²) < 4.78 is 14.3. The van der Waals surface area contributed by atoms with Crippen molar-refractivity contribution in [3.63, 3.8) is 0 Å². The van der Waals surface area contributed by atoms with Gasteiger partial charge in [0.1, 0.15) is 5.82 Å². The van der Waals surface area contributed by atoms with Crippen molar-refractivity contribution in [1.82, 2.24) is 0 Å². The molecule has 1 saturated carbocycles. The molecule has 6 heteroatoms. The van der Waals surface area contributed by atoms with Crippen LogP contribution in [0, 0.1) is 23.6 Å². The number of rotatable bonds is 3. The first kappa shape index (κ1) is 15.4. The first-order valence-corrected chi connectivity index (χ1v) is 7.40. The largest absolute Gasteiger partial charge is 0.481 e. The quantitative estimate of drug-likeness (QED) is 0.648. The average molecular weight is 364 g/mol. The summed E-state index contributed by atoms with van der Waals surface area (Å²) in [5.41, 5.74) is -0.136. The Morgan fingerprint density at radius 3 is 2.55 bits per heavy atom. The number of carbonyl (C=O) groups is 2. The number of hydrogen-bond acceptors (Lipinski definition) is 2. The molecule has 1 aromatic carbocycles. The maximum absolute atomic E-state index is 13.9. The maximum atomic E-state index is 13.9. The average Bonchev–Trinajstić information content (AvgIpc) is 2.75. The van der Waals surface area contributed by atoms with Gasteiger partial charge in [-0.2, -0.15) is 0 Å². The topological polar surface area (TPSA) is 54.4 Å². The van der Waals surface area contributed by atoms with E-state index in [2.05, 4.69) is 15.9 Å². The van der Waals surface area contributed by atoms with Crippen LogP contribution in [0.25, 0.3) is 0 Å². The Morgan fingerprint density at radius 1 is 1.35 bits per heavy atom. The van der Waals surface area contributed by atoms with Crippen molar-refractivity contribution < 1.29 is 19.1 Å². The van der Waals surface area contributed by atoms with Gasteiger partial charge < -0.3 is 5.11 Å². The molecular weight excluding hydrogens is 351 g/mol. The highest BCUT2D eigenvalue weighted by molar-refractivity contribution is 9.10. The van der Waals surface area contributed by atoms with Gasteiger partial charge in [0.15, 0.2) is 5.78 Å². The number of carboxylic acids is 1. The summed E-state index contributed by atoms with van der Waals surface area (Å²) in [6, 6.07) is 2.38. The summed E-state index contributed by atoms with van der Waals surface area (Å²) in [5, 5.41) is 9.42. The zero-order valence-corrected chi connectivity index (χ0v) is 13.0. The third-order valence-corrected chi connectivity index (χ3v) is 4.92. The van der Waals surface area contributed by atoms with Crippen LogP contribution < -0.4 is 0 Å². The molecule has 0 aromatic heterocycles. The van der Waals surface area contributed by atoms with Crippen LogP contribution in [-0.4, -0.2) is 16.9 Å². The molecule has 0 saturated heterocycles. The Bertz CT molecular complexity index is 576.